The number of fused-ring (bicyclic) bond motifs is 1. The summed E-state index contributed by atoms with van der Waals surface area (Å²) in [5.74, 6) is 2.35. The first-order valence-electron chi connectivity index (χ1n) is 8.68. The topological polar surface area (TPSA) is 93.5 Å². The molecular formula is C20H19N5O3. The van der Waals surface area contributed by atoms with Gasteiger partial charge in [0, 0.05) is 11.6 Å². The molecule has 0 unspecified atom stereocenters. The van der Waals surface area contributed by atoms with Crippen molar-refractivity contribution in [1.29, 1.82) is 0 Å². The van der Waals surface area contributed by atoms with E-state index in [0.29, 0.717) is 23.8 Å². The maximum absolute atomic E-state index is 12.5. The Labute approximate surface area is 160 Å². The summed E-state index contributed by atoms with van der Waals surface area (Å²) >= 11 is 0. The molecule has 0 radical (unpaired) electrons. The number of H-pyrrole nitrogens is 1. The maximum Gasteiger partial charge on any atom is 0.274 e. The summed E-state index contributed by atoms with van der Waals surface area (Å²) in [7, 11) is 3.22. The molecule has 0 fully saturated rings. The van der Waals surface area contributed by atoms with Crippen LogP contribution in [0.5, 0.6) is 11.5 Å². The van der Waals surface area contributed by atoms with Crippen LogP contribution in [0, 0.1) is 0 Å². The van der Waals surface area contributed by atoms with Gasteiger partial charge in [-0.3, -0.25) is 9.89 Å². The third-order valence-electron chi connectivity index (χ3n) is 4.31. The molecule has 2 heterocycles. The second kappa shape index (κ2) is 7.43. The van der Waals surface area contributed by atoms with E-state index < -0.39 is 0 Å². The number of nitrogens with one attached hydrogen (secondary N) is 2. The van der Waals surface area contributed by atoms with Gasteiger partial charge < -0.3 is 14.8 Å². The van der Waals surface area contributed by atoms with E-state index in [1.54, 1.807) is 14.2 Å². The van der Waals surface area contributed by atoms with Gasteiger partial charge in [-0.15, -0.1) is 0 Å². The van der Waals surface area contributed by atoms with E-state index in [1.807, 2.05) is 48.5 Å². The van der Waals surface area contributed by atoms with E-state index in [0.717, 1.165) is 22.7 Å². The lowest BCUT2D eigenvalue weighted by Crippen LogP contribution is -2.17. The molecule has 2 aromatic carbocycles. The molecule has 2 N–H and O–H groups in total. The van der Waals surface area contributed by atoms with Gasteiger partial charge in [-0.2, -0.15) is 9.50 Å². The Kier molecular flexibility index (Phi) is 4.67. The molecule has 0 saturated carbocycles. The highest BCUT2D eigenvalue weighted by atomic mass is 16.5. The molecule has 142 valence electrons. The normalized spacial score (nSPS) is 10.8. The highest BCUT2D eigenvalue weighted by Crippen LogP contribution is 2.23. The van der Waals surface area contributed by atoms with E-state index in [9.17, 15) is 4.79 Å². The molecule has 0 amide bonds. The molecule has 8 nitrogen and oxygen atoms in total. The van der Waals surface area contributed by atoms with Gasteiger partial charge in [-0.1, -0.05) is 12.1 Å². The van der Waals surface area contributed by atoms with E-state index in [2.05, 4.69) is 20.4 Å². The Morgan fingerprint density at radius 1 is 1.04 bits per heavy atom. The average molecular weight is 377 g/mol. The van der Waals surface area contributed by atoms with Crippen molar-refractivity contribution in [2.45, 2.75) is 6.54 Å². The van der Waals surface area contributed by atoms with Gasteiger partial charge in [0.25, 0.3) is 11.3 Å². The van der Waals surface area contributed by atoms with Crippen molar-refractivity contribution in [2.75, 3.05) is 19.5 Å². The Morgan fingerprint density at radius 3 is 2.57 bits per heavy atom. The number of hydrogen-bond acceptors (Lipinski definition) is 6. The summed E-state index contributed by atoms with van der Waals surface area (Å²) in [6, 6.07) is 16.4. The largest absolute Gasteiger partial charge is 0.497 e. The summed E-state index contributed by atoms with van der Waals surface area (Å²) in [5, 5.41) is 6.22. The Bertz CT molecular complexity index is 1160. The fourth-order valence-electron chi connectivity index (χ4n) is 2.87. The van der Waals surface area contributed by atoms with Crippen molar-refractivity contribution in [2.24, 2.45) is 0 Å². The van der Waals surface area contributed by atoms with Crippen LogP contribution >= 0.6 is 0 Å². The number of anilines is 1. The van der Waals surface area contributed by atoms with Gasteiger partial charge in [0.2, 0.25) is 0 Å². The number of hydrogen-bond donors (Lipinski definition) is 2. The van der Waals surface area contributed by atoms with Crippen LogP contribution in [-0.2, 0) is 6.54 Å². The molecule has 2 aromatic heterocycles. The van der Waals surface area contributed by atoms with Crippen molar-refractivity contribution in [1.82, 2.24) is 19.6 Å². The monoisotopic (exact) mass is 377 g/mol. The number of benzene rings is 2. The second-order valence-corrected chi connectivity index (χ2v) is 6.08. The molecule has 0 spiro atoms. The highest BCUT2D eigenvalue weighted by Gasteiger charge is 2.10. The number of ether oxygens (including phenoxy) is 2. The molecule has 4 aromatic rings. The van der Waals surface area contributed by atoms with E-state index in [1.165, 1.54) is 10.6 Å². The van der Waals surface area contributed by atoms with Gasteiger partial charge in [-0.05, 0) is 36.4 Å². The average Bonchev–Trinajstić information content (AvgIpc) is 3.17. The number of methoxy groups -OCH3 is 2. The standard InChI is InChI=1S/C20H19N5O3/c1-27-15-9-7-13(8-10-15)19-23-20-22-14(11-18(26)25(20)24-19)12-21-16-5-3-4-6-17(16)28-2/h3-11,21H,12H2,1-2H3,(H,22,23,24). The summed E-state index contributed by atoms with van der Waals surface area (Å²) in [4.78, 5) is 21.4. The quantitative estimate of drug-likeness (QED) is 0.537. The molecule has 8 heteroatoms. The fraction of sp³-hybridized carbons (Fsp3) is 0.150. The number of para-hydroxylation sites is 2. The lowest BCUT2D eigenvalue weighted by molar-refractivity contribution is 0.415. The lowest BCUT2D eigenvalue weighted by atomic mass is 10.2. The fourth-order valence-corrected chi connectivity index (χ4v) is 2.87. The van der Waals surface area contributed by atoms with Gasteiger partial charge in [-0.25, -0.2) is 4.98 Å². The first kappa shape index (κ1) is 17.6. The predicted molar refractivity (Wildman–Crippen MR) is 106 cm³/mol. The first-order chi connectivity index (χ1) is 13.7. The van der Waals surface area contributed by atoms with E-state index in [-0.39, 0.29) is 5.56 Å². The SMILES string of the molecule is COc1ccc(-c2nc3nc(CNc4ccccc4OC)cc(=O)n3[nH]2)cc1. The Hall–Kier alpha value is -3.81. The molecule has 0 aliphatic heterocycles. The lowest BCUT2D eigenvalue weighted by Gasteiger charge is -2.10. The van der Waals surface area contributed by atoms with Crippen molar-refractivity contribution < 1.29 is 9.47 Å². The molecular weight excluding hydrogens is 358 g/mol. The summed E-state index contributed by atoms with van der Waals surface area (Å²) in [6.07, 6.45) is 0. The number of aromatic nitrogens is 4. The maximum atomic E-state index is 12.5. The zero-order valence-corrected chi connectivity index (χ0v) is 15.5. The second-order valence-electron chi connectivity index (χ2n) is 6.08. The first-order valence-corrected chi connectivity index (χ1v) is 8.68. The zero-order valence-electron chi connectivity index (χ0n) is 15.5. The van der Waals surface area contributed by atoms with Crippen LogP contribution < -0.4 is 20.3 Å². The Morgan fingerprint density at radius 2 is 1.82 bits per heavy atom. The van der Waals surface area contributed by atoms with Crippen LogP contribution in [0.2, 0.25) is 0 Å². The van der Waals surface area contributed by atoms with Crippen molar-refractivity contribution in [3.63, 3.8) is 0 Å². The molecule has 28 heavy (non-hydrogen) atoms. The van der Waals surface area contributed by atoms with Gasteiger partial charge >= 0.3 is 0 Å². The number of rotatable bonds is 6. The van der Waals surface area contributed by atoms with Gasteiger partial charge in [0.05, 0.1) is 32.1 Å². The third-order valence-corrected chi connectivity index (χ3v) is 4.31. The third kappa shape index (κ3) is 3.39. The van der Waals surface area contributed by atoms with Crippen LogP contribution in [0.15, 0.2) is 59.4 Å². The minimum Gasteiger partial charge on any atom is -0.497 e. The Balaban J connectivity index is 1.61. The van der Waals surface area contributed by atoms with Crippen LogP contribution in [0.25, 0.3) is 17.2 Å². The van der Waals surface area contributed by atoms with Gasteiger partial charge in [0.1, 0.15) is 11.5 Å². The van der Waals surface area contributed by atoms with Crippen LogP contribution in [0.1, 0.15) is 5.69 Å². The minimum atomic E-state index is -0.228. The highest BCUT2D eigenvalue weighted by molar-refractivity contribution is 5.58. The van der Waals surface area contributed by atoms with Crippen LogP contribution in [0.3, 0.4) is 0 Å². The van der Waals surface area contributed by atoms with Crippen LogP contribution in [-0.4, -0.2) is 33.8 Å². The summed E-state index contributed by atoms with van der Waals surface area (Å²) in [6.45, 7) is 0.372. The molecule has 0 aliphatic rings. The van der Waals surface area contributed by atoms with Crippen molar-refractivity contribution in [3.8, 4) is 22.9 Å². The summed E-state index contributed by atoms with van der Waals surface area (Å²) < 4.78 is 11.8. The van der Waals surface area contributed by atoms with Crippen molar-refractivity contribution in [3.05, 3.63) is 70.6 Å². The summed E-state index contributed by atoms with van der Waals surface area (Å²) in [5.41, 5.74) is 2.02. The molecule has 0 saturated heterocycles. The van der Waals surface area contributed by atoms with E-state index >= 15 is 0 Å². The smallest absolute Gasteiger partial charge is 0.274 e. The van der Waals surface area contributed by atoms with Crippen LogP contribution in [0.4, 0.5) is 5.69 Å². The number of aromatic amines is 1. The minimum absolute atomic E-state index is 0.228. The number of nitrogens with zero attached hydrogens (tertiary/aromatic N) is 3. The molecule has 0 aliphatic carbocycles. The van der Waals surface area contributed by atoms with E-state index in [4.69, 9.17) is 9.47 Å². The van der Waals surface area contributed by atoms with Crippen molar-refractivity contribution >= 4 is 11.5 Å². The molecule has 0 atom stereocenters. The molecule has 0 bridgehead atoms. The zero-order chi connectivity index (χ0) is 19.5. The molecule has 4 rings (SSSR count). The predicted octanol–water partition coefficient (Wildman–Crippen LogP) is 2.71. The van der Waals surface area contributed by atoms with Gasteiger partial charge in [0.15, 0.2) is 5.82 Å².